The Morgan fingerprint density at radius 3 is 2.30 bits per heavy atom. The number of fused-ring (bicyclic) bond motifs is 1. The van der Waals surface area contributed by atoms with Gasteiger partial charge in [-0.1, -0.05) is 62.4 Å². The first-order chi connectivity index (χ1) is 14.4. The van der Waals surface area contributed by atoms with Crippen LogP contribution < -0.4 is 5.32 Å². The molecule has 3 aromatic rings. The summed E-state index contributed by atoms with van der Waals surface area (Å²) < 4.78 is 2.43. The molecule has 2 unspecified atom stereocenters. The highest BCUT2D eigenvalue weighted by Gasteiger charge is 2.59. The van der Waals surface area contributed by atoms with Crippen LogP contribution in [0.3, 0.4) is 0 Å². The van der Waals surface area contributed by atoms with Crippen LogP contribution in [-0.4, -0.2) is 10.1 Å². The number of rotatable bonds is 5. The number of aromatic nitrogens is 1. The van der Waals surface area contributed by atoms with Gasteiger partial charge in [0.2, 0.25) is 0 Å². The first-order valence-electron chi connectivity index (χ1n) is 11.8. The fourth-order valence-corrected chi connectivity index (χ4v) is 8.30. The minimum atomic E-state index is 0.353. The van der Waals surface area contributed by atoms with Crippen LogP contribution in [-0.2, 0) is 13.1 Å². The van der Waals surface area contributed by atoms with Crippen molar-refractivity contribution < 1.29 is 0 Å². The van der Waals surface area contributed by atoms with E-state index in [1.54, 1.807) is 0 Å². The van der Waals surface area contributed by atoms with E-state index in [9.17, 15) is 0 Å². The van der Waals surface area contributed by atoms with E-state index in [0.29, 0.717) is 16.4 Å². The molecule has 156 valence electrons. The molecule has 2 heteroatoms. The lowest BCUT2D eigenvalue weighted by atomic mass is 9.43. The van der Waals surface area contributed by atoms with Crippen molar-refractivity contribution in [2.24, 2.45) is 16.7 Å². The van der Waals surface area contributed by atoms with Gasteiger partial charge in [-0.3, -0.25) is 0 Å². The average Bonchev–Trinajstić information content (AvgIpc) is 3.02. The van der Waals surface area contributed by atoms with Crippen molar-refractivity contribution >= 4 is 10.9 Å². The number of nitrogens with zero attached hydrogens (tertiary/aromatic N) is 1. The van der Waals surface area contributed by atoms with E-state index >= 15 is 0 Å². The first-order valence-corrected chi connectivity index (χ1v) is 11.8. The third-order valence-electron chi connectivity index (χ3n) is 8.35. The summed E-state index contributed by atoms with van der Waals surface area (Å²) in [4.78, 5) is 0. The lowest BCUT2D eigenvalue weighted by molar-refractivity contribution is -0.118. The maximum Gasteiger partial charge on any atom is 0.0486 e. The van der Waals surface area contributed by atoms with Crippen molar-refractivity contribution in [3.63, 3.8) is 0 Å². The van der Waals surface area contributed by atoms with Gasteiger partial charge in [0.05, 0.1) is 0 Å². The molecule has 2 nitrogen and oxygen atoms in total. The molecule has 4 atom stereocenters. The van der Waals surface area contributed by atoms with E-state index in [1.165, 1.54) is 60.6 Å². The van der Waals surface area contributed by atoms with E-state index in [2.05, 4.69) is 84.5 Å². The largest absolute Gasteiger partial charge is 0.343 e. The third-order valence-corrected chi connectivity index (χ3v) is 8.35. The number of benzene rings is 2. The van der Waals surface area contributed by atoms with Crippen LogP contribution in [0.25, 0.3) is 10.9 Å². The van der Waals surface area contributed by atoms with Crippen LogP contribution in [0.15, 0.2) is 60.8 Å². The lowest BCUT2D eigenvalue weighted by Crippen LogP contribution is -2.63. The topological polar surface area (TPSA) is 17.0 Å². The molecular weight excluding hydrogens is 364 g/mol. The molecule has 1 aromatic heterocycles. The second-order valence-electron chi connectivity index (χ2n) is 11.5. The van der Waals surface area contributed by atoms with Gasteiger partial charge in [-0.15, -0.1) is 0 Å². The Labute approximate surface area is 180 Å². The molecule has 4 aliphatic carbocycles. The van der Waals surface area contributed by atoms with Gasteiger partial charge in [-0.2, -0.15) is 0 Å². The Morgan fingerprint density at radius 2 is 1.57 bits per heavy atom. The molecule has 30 heavy (non-hydrogen) atoms. The Kier molecular flexibility index (Phi) is 4.03. The van der Waals surface area contributed by atoms with Gasteiger partial charge in [0.1, 0.15) is 0 Å². The van der Waals surface area contributed by atoms with Gasteiger partial charge in [0.15, 0.2) is 0 Å². The summed E-state index contributed by atoms with van der Waals surface area (Å²) in [6.45, 7) is 7.06. The SMILES string of the molecule is C[C@]12CC3CC(NCc4cn(Cc5ccccc5)c5ccccc45)(C1)C[C@@](C)(C3)C2. The van der Waals surface area contributed by atoms with Gasteiger partial charge >= 0.3 is 0 Å². The molecule has 1 N–H and O–H groups in total. The van der Waals surface area contributed by atoms with E-state index < -0.39 is 0 Å². The molecule has 0 spiro atoms. The van der Waals surface area contributed by atoms with Crippen molar-refractivity contribution in [2.75, 3.05) is 0 Å². The zero-order chi connectivity index (χ0) is 20.4. The molecule has 4 bridgehead atoms. The minimum absolute atomic E-state index is 0.353. The van der Waals surface area contributed by atoms with Gasteiger partial charge in [-0.05, 0) is 72.5 Å². The highest BCUT2D eigenvalue weighted by Crippen LogP contribution is 2.66. The molecule has 1 heterocycles. The maximum atomic E-state index is 4.15. The fourth-order valence-electron chi connectivity index (χ4n) is 8.30. The fraction of sp³-hybridized carbons (Fsp3) is 0.500. The van der Waals surface area contributed by atoms with E-state index in [4.69, 9.17) is 0 Å². The Bertz CT molecular complexity index is 1060. The van der Waals surface area contributed by atoms with Gasteiger partial charge < -0.3 is 9.88 Å². The van der Waals surface area contributed by atoms with Crippen molar-refractivity contribution in [2.45, 2.75) is 71.0 Å². The molecule has 2 aromatic carbocycles. The summed E-state index contributed by atoms with van der Waals surface area (Å²) in [5.41, 5.74) is 5.63. The highest BCUT2D eigenvalue weighted by atomic mass is 15.0. The summed E-state index contributed by atoms with van der Waals surface area (Å²) in [7, 11) is 0. The van der Waals surface area contributed by atoms with Crippen LogP contribution in [0.1, 0.15) is 63.5 Å². The summed E-state index contributed by atoms with van der Waals surface area (Å²) in [5.74, 6) is 0.933. The van der Waals surface area contributed by atoms with Gasteiger partial charge in [-0.25, -0.2) is 0 Å². The molecule has 4 fully saturated rings. The number of hydrogen-bond acceptors (Lipinski definition) is 1. The zero-order valence-electron chi connectivity index (χ0n) is 18.5. The van der Waals surface area contributed by atoms with E-state index in [0.717, 1.165) is 19.0 Å². The summed E-state index contributed by atoms with van der Waals surface area (Å²) >= 11 is 0. The molecule has 0 aliphatic heterocycles. The molecule has 0 amide bonds. The Morgan fingerprint density at radius 1 is 0.867 bits per heavy atom. The maximum absolute atomic E-state index is 4.15. The summed E-state index contributed by atoms with van der Waals surface area (Å²) in [6.07, 6.45) is 10.9. The second kappa shape index (κ2) is 6.47. The number of para-hydroxylation sites is 1. The predicted molar refractivity (Wildman–Crippen MR) is 124 cm³/mol. The smallest absolute Gasteiger partial charge is 0.0486 e. The van der Waals surface area contributed by atoms with Crippen LogP contribution in [0.5, 0.6) is 0 Å². The zero-order valence-corrected chi connectivity index (χ0v) is 18.5. The van der Waals surface area contributed by atoms with Crippen molar-refractivity contribution in [1.29, 1.82) is 0 Å². The van der Waals surface area contributed by atoms with E-state index in [-0.39, 0.29) is 0 Å². The molecule has 4 aliphatic rings. The number of hydrogen-bond donors (Lipinski definition) is 1. The van der Waals surface area contributed by atoms with Crippen molar-refractivity contribution in [3.8, 4) is 0 Å². The molecular formula is C28H34N2. The Hall–Kier alpha value is -2.06. The van der Waals surface area contributed by atoms with Crippen LogP contribution in [0, 0.1) is 16.7 Å². The van der Waals surface area contributed by atoms with Crippen LogP contribution in [0.2, 0.25) is 0 Å². The monoisotopic (exact) mass is 398 g/mol. The number of nitrogens with one attached hydrogen (secondary N) is 1. The van der Waals surface area contributed by atoms with Gasteiger partial charge in [0.25, 0.3) is 0 Å². The second-order valence-corrected chi connectivity index (χ2v) is 11.5. The molecule has 7 rings (SSSR count). The Balaban J connectivity index is 1.29. The quantitative estimate of drug-likeness (QED) is 0.517. The first kappa shape index (κ1) is 18.7. The highest BCUT2D eigenvalue weighted by molar-refractivity contribution is 5.84. The van der Waals surface area contributed by atoms with E-state index in [1.807, 2.05) is 0 Å². The minimum Gasteiger partial charge on any atom is -0.343 e. The van der Waals surface area contributed by atoms with Crippen LogP contribution >= 0.6 is 0 Å². The third kappa shape index (κ3) is 3.12. The van der Waals surface area contributed by atoms with Crippen LogP contribution in [0.4, 0.5) is 0 Å². The summed E-state index contributed by atoms with van der Waals surface area (Å²) in [6, 6.07) is 19.7. The molecule has 0 saturated heterocycles. The van der Waals surface area contributed by atoms with Crippen molar-refractivity contribution in [1.82, 2.24) is 9.88 Å². The average molecular weight is 399 g/mol. The van der Waals surface area contributed by atoms with Gasteiger partial charge in [0, 0.05) is 35.7 Å². The normalized spacial score (nSPS) is 34.7. The molecule has 4 saturated carbocycles. The lowest BCUT2D eigenvalue weighted by Gasteiger charge is -2.65. The summed E-state index contributed by atoms with van der Waals surface area (Å²) in [5, 5.41) is 5.56. The van der Waals surface area contributed by atoms with Crippen molar-refractivity contribution in [3.05, 3.63) is 71.9 Å². The molecule has 0 radical (unpaired) electrons. The standard InChI is InChI=1S/C28H34N2/c1-26-12-22-13-27(2,18-26)20-28(14-22,19-26)29-15-23-17-30(16-21-8-4-3-5-9-21)25-11-7-6-10-24(23)25/h3-11,17,22,29H,12-16,18-20H2,1-2H3/t22?,26-,27+,28?. The predicted octanol–water partition coefficient (Wildman–Crippen LogP) is 6.53.